The Hall–Kier alpha value is -1.08. The normalized spacial score (nSPS) is 25.7. The molecule has 4 nitrogen and oxygen atoms in total. The van der Waals surface area contributed by atoms with Crippen LogP contribution in [0.3, 0.4) is 0 Å². The number of hydrogen-bond donors (Lipinski definition) is 1. The SMILES string of the molecule is CC(CC(=O)O)C1CCCN(C(C)C#N)C1. The number of nitriles is 1. The van der Waals surface area contributed by atoms with Gasteiger partial charge < -0.3 is 5.11 Å². The van der Waals surface area contributed by atoms with E-state index in [9.17, 15) is 4.79 Å². The van der Waals surface area contributed by atoms with Gasteiger partial charge in [0.25, 0.3) is 0 Å². The zero-order chi connectivity index (χ0) is 12.1. The van der Waals surface area contributed by atoms with Gasteiger partial charge in [0, 0.05) is 13.0 Å². The second kappa shape index (κ2) is 5.86. The molecule has 0 aliphatic carbocycles. The van der Waals surface area contributed by atoms with Crippen molar-refractivity contribution in [3.8, 4) is 6.07 Å². The zero-order valence-corrected chi connectivity index (χ0v) is 10.0. The molecule has 0 aromatic carbocycles. The minimum absolute atomic E-state index is 0.0557. The fourth-order valence-corrected chi connectivity index (χ4v) is 2.38. The third kappa shape index (κ3) is 3.49. The fraction of sp³-hybridized carbons (Fsp3) is 0.833. The summed E-state index contributed by atoms with van der Waals surface area (Å²) in [5, 5.41) is 17.6. The second-order valence-electron chi connectivity index (χ2n) is 4.78. The molecular formula is C12H20N2O2. The molecule has 0 radical (unpaired) electrons. The number of piperidine rings is 1. The molecule has 1 aliphatic heterocycles. The van der Waals surface area contributed by atoms with Crippen molar-refractivity contribution in [1.82, 2.24) is 4.90 Å². The third-order valence-corrected chi connectivity index (χ3v) is 3.53. The largest absolute Gasteiger partial charge is 0.481 e. The highest BCUT2D eigenvalue weighted by Gasteiger charge is 2.27. The first-order valence-corrected chi connectivity index (χ1v) is 5.90. The monoisotopic (exact) mass is 224 g/mol. The molecular weight excluding hydrogens is 204 g/mol. The predicted octanol–water partition coefficient (Wildman–Crippen LogP) is 1.72. The van der Waals surface area contributed by atoms with Crippen molar-refractivity contribution in [2.75, 3.05) is 13.1 Å². The van der Waals surface area contributed by atoms with Crippen molar-refractivity contribution in [2.45, 2.75) is 39.2 Å². The summed E-state index contributed by atoms with van der Waals surface area (Å²) < 4.78 is 0. The Morgan fingerprint density at radius 3 is 2.88 bits per heavy atom. The van der Waals surface area contributed by atoms with Crippen LogP contribution in [0.4, 0.5) is 0 Å². The molecule has 0 saturated carbocycles. The lowest BCUT2D eigenvalue weighted by atomic mass is 9.84. The zero-order valence-electron chi connectivity index (χ0n) is 10.0. The van der Waals surface area contributed by atoms with E-state index < -0.39 is 5.97 Å². The molecule has 0 amide bonds. The van der Waals surface area contributed by atoms with E-state index in [0.717, 1.165) is 25.9 Å². The smallest absolute Gasteiger partial charge is 0.303 e. The Morgan fingerprint density at radius 2 is 2.31 bits per heavy atom. The van der Waals surface area contributed by atoms with Gasteiger partial charge in [-0.2, -0.15) is 5.26 Å². The minimum Gasteiger partial charge on any atom is -0.481 e. The average molecular weight is 224 g/mol. The van der Waals surface area contributed by atoms with Crippen molar-refractivity contribution in [3.63, 3.8) is 0 Å². The maximum absolute atomic E-state index is 10.7. The van der Waals surface area contributed by atoms with Crippen LogP contribution in [0.1, 0.15) is 33.1 Å². The molecule has 4 heteroatoms. The number of rotatable bonds is 4. The first-order chi connectivity index (χ1) is 7.54. The molecule has 1 saturated heterocycles. The van der Waals surface area contributed by atoms with Gasteiger partial charge in [0.2, 0.25) is 0 Å². The van der Waals surface area contributed by atoms with E-state index in [1.165, 1.54) is 0 Å². The van der Waals surface area contributed by atoms with Crippen molar-refractivity contribution >= 4 is 5.97 Å². The number of nitrogens with zero attached hydrogens (tertiary/aromatic N) is 2. The number of hydrogen-bond acceptors (Lipinski definition) is 3. The van der Waals surface area contributed by atoms with Gasteiger partial charge in [-0.1, -0.05) is 6.92 Å². The lowest BCUT2D eigenvalue weighted by molar-refractivity contribution is -0.138. The fourth-order valence-electron chi connectivity index (χ4n) is 2.38. The highest BCUT2D eigenvalue weighted by atomic mass is 16.4. The third-order valence-electron chi connectivity index (χ3n) is 3.53. The van der Waals surface area contributed by atoms with Crippen LogP contribution >= 0.6 is 0 Å². The highest BCUT2D eigenvalue weighted by molar-refractivity contribution is 5.67. The molecule has 16 heavy (non-hydrogen) atoms. The molecule has 0 bridgehead atoms. The van der Waals surface area contributed by atoms with E-state index in [-0.39, 0.29) is 18.4 Å². The van der Waals surface area contributed by atoms with Crippen LogP contribution in [-0.4, -0.2) is 35.1 Å². The van der Waals surface area contributed by atoms with Gasteiger partial charge in [0.05, 0.1) is 12.1 Å². The predicted molar refractivity (Wildman–Crippen MR) is 60.8 cm³/mol. The van der Waals surface area contributed by atoms with Crippen LogP contribution in [0.5, 0.6) is 0 Å². The Bertz CT molecular complexity index is 285. The van der Waals surface area contributed by atoms with Crippen molar-refractivity contribution < 1.29 is 9.90 Å². The summed E-state index contributed by atoms with van der Waals surface area (Å²) in [7, 11) is 0. The van der Waals surface area contributed by atoms with Gasteiger partial charge in [-0.25, -0.2) is 0 Å². The van der Waals surface area contributed by atoms with Gasteiger partial charge in [0.15, 0.2) is 0 Å². The standard InChI is InChI=1S/C12H20N2O2/c1-9(6-12(15)16)11-4-3-5-14(8-11)10(2)7-13/h9-11H,3-6,8H2,1-2H3,(H,15,16). The van der Waals surface area contributed by atoms with Crippen LogP contribution in [0.2, 0.25) is 0 Å². The van der Waals surface area contributed by atoms with E-state index >= 15 is 0 Å². The molecule has 1 N–H and O–H groups in total. The quantitative estimate of drug-likeness (QED) is 0.789. The molecule has 1 fully saturated rings. The van der Waals surface area contributed by atoms with Gasteiger partial charge in [-0.15, -0.1) is 0 Å². The summed E-state index contributed by atoms with van der Waals surface area (Å²) in [5.74, 6) is -0.107. The average Bonchev–Trinajstić information content (AvgIpc) is 2.27. The topological polar surface area (TPSA) is 64.3 Å². The highest BCUT2D eigenvalue weighted by Crippen LogP contribution is 2.26. The number of carboxylic acids is 1. The van der Waals surface area contributed by atoms with Crippen LogP contribution in [0.15, 0.2) is 0 Å². The molecule has 1 heterocycles. The Labute approximate surface area is 96.9 Å². The van der Waals surface area contributed by atoms with Crippen molar-refractivity contribution in [1.29, 1.82) is 5.26 Å². The first-order valence-electron chi connectivity index (χ1n) is 5.90. The van der Waals surface area contributed by atoms with E-state index in [0.29, 0.717) is 5.92 Å². The lowest BCUT2D eigenvalue weighted by Crippen LogP contribution is -2.42. The number of likely N-dealkylation sites (tertiary alicyclic amines) is 1. The Kier molecular flexibility index (Phi) is 4.75. The second-order valence-corrected chi connectivity index (χ2v) is 4.78. The van der Waals surface area contributed by atoms with Crippen molar-refractivity contribution in [3.05, 3.63) is 0 Å². The molecule has 0 spiro atoms. The summed E-state index contributed by atoms with van der Waals surface area (Å²) in [6, 6.07) is 2.19. The molecule has 1 aliphatic rings. The molecule has 0 aromatic rings. The Balaban J connectivity index is 2.50. The molecule has 90 valence electrons. The molecule has 0 aromatic heterocycles. The maximum atomic E-state index is 10.7. The minimum atomic E-state index is -0.724. The van der Waals surface area contributed by atoms with E-state index in [2.05, 4.69) is 11.0 Å². The van der Waals surface area contributed by atoms with Crippen LogP contribution in [0, 0.1) is 23.2 Å². The summed E-state index contributed by atoms with van der Waals surface area (Å²) in [5.41, 5.74) is 0. The van der Waals surface area contributed by atoms with E-state index in [1.54, 1.807) is 0 Å². The maximum Gasteiger partial charge on any atom is 0.303 e. The van der Waals surface area contributed by atoms with Crippen LogP contribution < -0.4 is 0 Å². The van der Waals surface area contributed by atoms with Gasteiger partial charge in [-0.3, -0.25) is 9.69 Å². The Morgan fingerprint density at radius 1 is 1.62 bits per heavy atom. The van der Waals surface area contributed by atoms with Gasteiger partial charge in [-0.05, 0) is 38.1 Å². The molecule has 3 unspecified atom stereocenters. The molecule has 3 atom stereocenters. The van der Waals surface area contributed by atoms with Crippen LogP contribution in [-0.2, 0) is 4.79 Å². The number of carboxylic acid groups (broad SMARTS) is 1. The van der Waals surface area contributed by atoms with E-state index in [4.69, 9.17) is 10.4 Å². The van der Waals surface area contributed by atoms with Gasteiger partial charge in [0.1, 0.15) is 0 Å². The summed E-state index contributed by atoms with van der Waals surface area (Å²) in [6.07, 6.45) is 2.39. The van der Waals surface area contributed by atoms with Crippen molar-refractivity contribution in [2.24, 2.45) is 11.8 Å². The van der Waals surface area contributed by atoms with Gasteiger partial charge >= 0.3 is 5.97 Å². The van der Waals surface area contributed by atoms with Crippen LogP contribution in [0.25, 0.3) is 0 Å². The lowest BCUT2D eigenvalue weighted by Gasteiger charge is -2.36. The first kappa shape index (κ1) is 13.0. The van der Waals surface area contributed by atoms with E-state index in [1.807, 2.05) is 13.8 Å². The summed E-state index contributed by atoms with van der Waals surface area (Å²) in [6.45, 7) is 5.73. The summed E-state index contributed by atoms with van der Waals surface area (Å²) in [4.78, 5) is 12.8. The number of carbonyl (C=O) groups is 1. The summed E-state index contributed by atoms with van der Waals surface area (Å²) >= 11 is 0. The molecule has 1 rings (SSSR count). The number of aliphatic carboxylic acids is 1.